The second kappa shape index (κ2) is 20.0. The molecular weight excluding hydrogens is 378 g/mol. The third-order valence-electron chi connectivity index (χ3n) is 4.41. The van der Waals surface area contributed by atoms with Crippen LogP contribution in [0, 0.1) is 0 Å². The lowest BCUT2D eigenvalue weighted by Crippen LogP contribution is -2.53. The van der Waals surface area contributed by atoms with E-state index in [9.17, 15) is 24.9 Å². The number of rotatable bonds is 17. The molecule has 0 aliphatic carbocycles. The minimum atomic E-state index is -2.00. The van der Waals surface area contributed by atoms with E-state index in [0.717, 1.165) is 32.2 Å². The van der Waals surface area contributed by atoms with E-state index >= 15 is 0 Å². The highest BCUT2D eigenvalue weighted by atomic mass is 16.5. The molecule has 0 bridgehead atoms. The molecule has 0 fully saturated rings. The molecule has 0 saturated heterocycles. The van der Waals surface area contributed by atoms with Crippen molar-refractivity contribution < 1.29 is 29.6 Å². The number of carbonyl (C=O) groups is 2. The monoisotopic (exact) mass is 421 g/mol. The van der Waals surface area contributed by atoms with E-state index < -0.39 is 36.2 Å². The van der Waals surface area contributed by atoms with Crippen molar-refractivity contribution in [2.45, 2.75) is 102 Å². The third kappa shape index (κ3) is 16.2. The first-order valence-electron chi connectivity index (χ1n) is 10.7. The van der Waals surface area contributed by atoms with Crippen molar-refractivity contribution in [2.75, 3.05) is 13.2 Å². The first-order valence-corrected chi connectivity index (χ1v) is 10.7. The molecule has 0 spiro atoms. The number of aliphatic hydroxyl groups excluding tert-OH is 3. The highest BCUT2D eigenvalue weighted by molar-refractivity contribution is 5.81. The van der Waals surface area contributed by atoms with E-state index in [2.05, 4.69) is 13.8 Å². The molecule has 0 aliphatic heterocycles. The molecular formula is C20H43N3O6. The predicted molar refractivity (Wildman–Crippen MR) is 113 cm³/mol. The molecule has 0 saturated carbocycles. The Balaban J connectivity index is 0. The van der Waals surface area contributed by atoms with Crippen molar-refractivity contribution in [1.82, 2.24) is 0 Å². The zero-order chi connectivity index (χ0) is 22.7. The van der Waals surface area contributed by atoms with Crippen LogP contribution in [0.25, 0.3) is 0 Å². The van der Waals surface area contributed by atoms with Gasteiger partial charge in [-0.05, 0) is 19.4 Å². The van der Waals surface area contributed by atoms with Gasteiger partial charge in [-0.1, -0.05) is 65.2 Å². The Labute approximate surface area is 175 Å². The van der Waals surface area contributed by atoms with Gasteiger partial charge in [-0.2, -0.15) is 0 Å². The molecule has 9 N–H and O–H groups in total. The fourth-order valence-corrected chi connectivity index (χ4v) is 2.55. The second-order valence-electron chi connectivity index (χ2n) is 7.14. The van der Waals surface area contributed by atoms with Gasteiger partial charge in [0.05, 0.1) is 0 Å². The van der Waals surface area contributed by atoms with Gasteiger partial charge < -0.3 is 37.3 Å². The van der Waals surface area contributed by atoms with Crippen molar-refractivity contribution in [3.05, 3.63) is 0 Å². The van der Waals surface area contributed by atoms with Crippen molar-refractivity contribution in [2.24, 2.45) is 17.2 Å². The smallest absolute Gasteiger partial charge is 0.249 e. The van der Waals surface area contributed by atoms with Gasteiger partial charge in [0.1, 0.15) is 12.2 Å². The van der Waals surface area contributed by atoms with E-state index in [0.29, 0.717) is 6.42 Å². The molecule has 0 unspecified atom stereocenters. The molecule has 0 aromatic heterocycles. The molecule has 0 aliphatic rings. The number of hydrogen-bond acceptors (Lipinski definition) is 7. The van der Waals surface area contributed by atoms with E-state index in [-0.39, 0.29) is 6.61 Å². The van der Waals surface area contributed by atoms with Crippen molar-refractivity contribution in [3.63, 3.8) is 0 Å². The summed E-state index contributed by atoms with van der Waals surface area (Å²) in [5, 5.41) is 28.6. The zero-order valence-electron chi connectivity index (χ0n) is 18.1. The highest BCUT2D eigenvalue weighted by Crippen LogP contribution is 2.10. The number of primary amides is 2. The third-order valence-corrected chi connectivity index (χ3v) is 4.41. The molecule has 0 rings (SSSR count). The number of aliphatic hydroxyl groups is 3. The van der Waals surface area contributed by atoms with E-state index in [4.69, 9.17) is 21.9 Å². The number of unbranched alkanes of at least 4 members (excludes halogenated alkanes) is 8. The summed E-state index contributed by atoms with van der Waals surface area (Å²) in [5.74, 6) is -2.21. The van der Waals surface area contributed by atoms with E-state index in [1.165, 1.54) is 32.1 Å². The molecule has 9 nitrogen and oxygen atoms in total. The van der Waals surface area contributed by atoms with Crippen LogP contribution in [-0.4, -0.2) is 64.7 Å². The normalized spacial score (nSPS) is 15.0. The van der Waals surface area contributed by atoms with Gasteiger partial charge in [0, 0.05) is 6.61 Å². The van der Waals surface area contributed by atoms with E-state index in [1.54, 1.807) is 0 Å². The number of hydrogen-bond donors (Lipinski definition) is 6. The average molecular weight is 422 g/mol. The van der Waals surface area contributed by atoms with Crippen molar-refractivity contribution in [3.8, 4) is 0 Å². The fourth-order valence-electron chi connectivity index (χ4n) is 2.55. The van der Waals surface area contributed by atoms with Crippen LogP contribution < -0.4 is 17.2 Å². The van der Waals surface area contributed by atoms with E-state index in [1.807, 2.05) is 0 Å². The molecule has 0 aromatic carbocycles. The number of carbonyl (C=O) groups excluding carboxylic acids is 2. The number of amides is 2. The van der Waals surface area contributed by atoms with Gasteiger partial charge in [0.15, 0.2) is 12.2 Å². The Kier molecular flexibility index (Phi) is 20.7. The molecule has 0 aromatic rings. The summed E-state index contributed by atoms with van der Waals surface area (Å²) in [4.78, 5) is 22.0. The Morgan fingerprint density at radius 3 is 1.66 bits per heavy atom. The van der Waals surface area contributed by atoms with Gasteiger partial charge >= 0.3 is 0 Å². The molecule has 0 heterocycles. The molecule has 174 valence electrons. The van der Waals surface area contributed by atoms with Gasteiger partial charge in [-0.3, -0.25) is 9.59 Å². The topological polar surface area (TPSA) is 182 Å². The Bertz CT molecular complexity index is 406. The van der Waals surface area contributed by atoms with Gasteiger partial charge in [0.2, 0.25) is 11.8 Å². The summed E-state index contributed by atoms with van der Waals surface area (Å²) in [5.41, 5.74) is 15.2. The average Bonchev–Trinajstić information content (AvgIpc) is 2.69. The summed E-state index contributed by atoms with van der Waals surface area (Å²) >= 11 is 0. The lowest BCUT2D eigenvalue weighted by molar-refractivity contribution is -0.158. The minimum absolute atomic E-state index is 0.174. The summed E-state index contributed by atoms with van der Waals surface area (Å²) in [6, 6.07) is 0. The second-order valence-corrected chi connectivity index (χ2v) is 7.14. The van der Waals surface area contributed by atoms with Crippen LogP contribution in [0.2, 0.25) is 0 Å². The molecule has 2 amide bonds. The molecule has 0 radical (unpaired) electrons. The lowest BCUT2D eigenvalue weighted by Gasteiger charge is -2.26. The quantitative estimate of drug-likeness (QED) is 0.183. The lowest BCUT2D eigenvalue weighted by atomic mass is 10.0. The molecule has 9 heteroatoms. The SMILES string of the molecule is CCCCCCCN.CCCCCCCO[C@@H](C(N)=O)[C@@H](O)[C@H](O)[C@H](O)C(N)=O. The Morgan fingerprint density at radius 1 is 0.759 bits per heavy atom. The number of ether oxygens (including phenoxy) is 1. The van der Waals surface area contributed by atoms with Crippen molar-refractivity contribution >= 4 is 11.8 Å². The largest absolute Gasteiger partial charge is 0.387 e. The standard InChI is InChI=1S/C13H26N2O6.C7H17N/c1-2-3-4-5-6-7-21-11(13(15)20)9(17)8(16)10(18)12(14)19;1-2-3-4-5-6-7-8/h8-11,16-18H,2-7H2,1H3,(H2,14,19)(H2,15,20);2-8H2,1H3/t8-,9-,10-,11+;/m0./s1. The van der Waals surface area contributed by atoms with Crippen LogP contribution in [-0.2, 0) is 14.3 Å². The van der Waals surface area contributed by atoms with Gasteiger partial charge in [0.25, 0.3) is 0 Å². The van der Waals surface area contributed by atoms with Gasteiger partial charge in [-0.15, -0.1) is 0 Å². The summed E-state index contributed by atoms with van der Waals surface area (Å²) < 4.78 is 5.15. The number of nitrogens with two attached hydrogens (primary N) is 3. The van der Waals surface area contributed by atoms with Gasteiger partial charge in [-0.25, -0.2) is 0 Å². The Morgan fingerprint density at radius 2 is 1.24 bits per heavy atom. The van der Waals surface area contributed by atoms with Crippen LogP contribution in [0.4, 0.5) is 0 Å². The molecule has 29 heavy (non-hydrogen) atoms. The predicted octanol–water partition coefficient (Wildman–Crippen LogP) is 0.311. The molecule has 4 atom stereocenters. The summed E-state index contributed by atoms with van der Waals surface area (Å²) in [7, 11) is 0. The first kappa shape index (κ1) is 29.9. The van der Waals surface area contributed by atoms with Crippen LogP contribution in [0.3, 0.4) is 0 Å². The first-order chi connectivity index (χ1) is 13.7. The Hall–Kier alpha value is -1.26. The fraction of sp³-hybridized carbons (Fsp3) is 0.900. The highest BCUT2D eigenvalue weighted by Gasteiger charge is 2.37. The van der Waals surface area contributed by atoms with Crippen LogP contribution >= 0.6 is 0 Å². The minimum Gasteiger partial charge on any atom is -0.387 e. The van der Waals surface area contributed by atoms with Crippen molar-refractivity contribution in [1.29, 1.82) is 0 Å². The van der Waals surface area contributed by atoms with Crippen LogP contribution in [0.15, 0.2) is 0 Å². The zero-order valence-corrected chi connectivity index (χ0v) is 18.1. The maximum Gasteiger partial charge on any atom is 0.249 e. The van der Waals surface area contributed by atoms with Crippen LogP contribution in [0.5, 0.6) is 0 Å². The van der Waals surface area contributed by atoms with Crippen LogP contribution in [0.1, 0.15) is 78.1 Å². The maximum atomic E-state index is 11.2. The maximum absolute atomic E-state index is 11.2. The summed E-state index contributed by atoms with van der Waals surface area (Å²) in [6.07, 6.45) is 4.12. The summed E-state index contributed by atoms with van der Waals surface area (Å²) in [6.45, 7) is 5.35.